The van der Waals surface area contributed by atoms with Gasteiger partial charge in [-0.1, -0.05) is 59.8 Å². The highest BCUT2D eigenvalue weighted by molar-refractivity contribution is 5.79. The number of hydrogen-bond donors (Lipinski definition) is 1. The van der Waals surface area contributed by atoms with Gasteiger partial charge in [-0.3, -0.25) is 0 Å². The fourth-order valence-corrected chi connectivity index (χ4v) is 2.53. The first-order chi connectivity index (χ1) is 8.88. The Hall–Kier alpha value is -2.09. The summed E-state index contributed by atoms with van der Waals surface area (Å²) in [5, 5.41) is 11.5. The summed E-state index contributed by atoms with van der Waals surface area (Å²) in [6.45, 7) is 0. The number of benzene rings is 2. The summed E-state index contributed by atoms with van der Waals surface area (Å²) >= 11 is 0. The second-order valence-electron chi connectivity index (χ2n) is 4.77. The van der Waals surface area contributed by atoms with E-state index in [1.165, 1.54) is 23.8 Å². The van der Waals surface area contributed by atoms with Crippen molar-refractivity contribution in [3.05, 3.63) is 71.3 Å². The second-order valence-corrected chi connectivity index (χ2v) is 4.77. The molecule has 0 unspecified atom stereocenters. The van der Waals surface area contributed by atoms with Gasteiger partial charge in [-0.25, -0.2) is 0 Å². The second kappa shape index (κ2) is 4.65. The lowest BCUT2D eigenvalue weighted by molar-refractivity contribution is 0.322. The van der Waals surface area contributed by atoms with Crippen molar-refractivity contribution in [2.24, 2.45) is 5.16 Å². The van der Waals surface area contributed by atoms with Crippen LogP contribution in [0.1, 0.15) is 34.9 Å². The Labute approximate surface area is 107 Å². The highest BCUT2D eigenvalue weighted by atomic mass is 16.4. The van der Waals surface area contributed by atoms with E-state index in [1.54, 1.807) is 0 Å². The van der Waals surface area contributed by atoms with Gasteiger partial charge in [0.25, 0.3) is 0 Å². The predicted molar refractivity (Wildman–Crippen MR) is 72.4 cm³/mol. The molecule has 0 amide bonds. The summed E-state index contributed by atoms with van der Waals surface area (Å²) in [7, 11) is 0. The molecule has 1 aliphatic carbocycles. The fraction of sp³-hybridized carbons (Fsp3) is 0.188. The maximum Gasteiger partial charge on any atom is 0.0733 e. The van der Waals surface area contributed by atoms with E-state index in [1.807, 2.05) is 12.1 Å². The maximum atomic E-state index is 8.47. The van der Waals surface area contributed by atoms with Gasteiger partial charge in [0, 0.05) is 0 Å². The summed E-state index contributed by atoms with van der Waals surface area (Å²) < 4.78 is 0. The van der Waals surface area contributed by atoms with E-state index in [0.29, 0.717) is 11.8 Å². The molecule has 0 radical (unpaired) electrons. The van der Waals surface area contributed by atoms with Crippen molar-refractivity contribution in [3.8, 4) is 0 Å². The van der Waals surface area contributed by atoms with E-state index in [-0.39, 0.29) is 0 Å². The predicted octanol–water partition coefficient (Wildman–Crippen LogP) is 3.77. The molecule has 0 aromatic heterocycles. The van der Waals surface area contributed by atoms with Crippen LogP contribution in [0.2, 0.25) is 0 Å². The fourth-order valence-electron chi connectivity index (χ4n) is 2.53. The molecule has 0 heterocycles. The molecule has 2 nitrogen and oxygen atoms in total. The van der Waals surface area contributed by atoms with E-state index in [4.69, 9.17) is 5.21 Å². The Kier molecular flexibility index (Phi) is 2.85. The van der Waals surface area contributed by atoms with E-state index < -0.39 is 0 Å². The van der Waals surface area contributed by atoms with Crippen molar-refractivity contribution in [1.29, 1.82) is 0 Å². The maximum absolute atomic E-state index is 8.47. The van der Waals surface area contributed by atoms with Gasteiger partial charge in [0.05, 0.1) is 6.21 Å². The Balaban J connectivity index is 1.74. The molecule has 1 saturated carbocycles. The topological polar surface area (TPSA) is 32.6 Å². The normalized spacial score (nSPS) is 22.2. The molecule has 0 spiro atoms. The van der Waals surface area contributed by atoms with Crippen LogP contribution in [0.3, 0.4) is 0 Å². The van der Waals surface area contributed by atoms with Gasteiger partial charge in [0.1, 0.15) is 0 Å². The summed E-state index contributed by atoms with van der Waals surface area (Å²) in [5.74, 6) is 1.32. The molecule has 1 N–H and O–H groups in total. The third kappa shape index (κ3) is 2.14. The van der Waals surface area contributed by atoms with E-state index in [2.05, 4.69) is 47.6 Å². The third-order valence-electron chi connectivity index (χ3n) is 3.59. The van der Waals surface area contributed by atoms with Crippen LogP contribution < -0.4 is 0 Å². The van der Waals surface area contributed by atoms with Crippen molar-refractivity contribution in [2.45, 2.75) is 18.3 Å². The highest BCUT2D eigenvalue weighted by Gasteiger charge is 2.39. The molecule has 2 heteroatoms. The molecule has 2 atom stereocenters. The molecule has 1 aliphatic rings. The molecule has 0 aliphatic heterocycles. The summed E-state index contributed by atoms with van der Waals surface area (Å²) in [6, 6.07) is 18.9. The Bertz CT molecular complexity index is 545. The smallest absolute Gasteiger partial charge is 0.0733 e. The molecule has 2 aromatic rings. The molecule has 0 bridgehead atoms. The Morgan fingerprint density at radius 3 is 2.11 bits per heavy atom. The van der Waals surface area contributed by atoms with Gasteiger partial charge < -0.3 is 5.21 Å². The van der Waals surface area contributed by atoms with Crippen LogP contribution in [0.5, 0.6) is 0 Å². The van der Waals surface area contributed by atoms with E-state index in [0.717, 1.165) is 5.56 Å². The van der Waals surface area contributed by atoms with Crippen molar-refractivity contribution in [1.82, 2.24) is 0 Å². The van der Waals surface area contributed by atoms with Crippen molar-refractivity contribution >= 4 is 6.21 Å². The van der Waals surface area contributed by atoms with Gasteiger partial charge in [-0.05, 0) is 34.9 Å². The van der Waals surface area contributed by atoms with Gasteiger partial charge in [-0.15, -0.1) is 0 Å². The SMILES string of the molecule is O/N=C\c1ccc([C@@H]2C[C@H]2c2ccccc2)cc1. The molecule has 18 heavy (non-hydrogen) atoms. The van der Waals surface area contributed by atoms with Gasteiger partial charge in [-0.2, -0.15) is 0 Å². The number of hydrogen-bond acceptors (Lipinski definition) is 2. The van der Waals surface area contributed by atoms with E-state index in [9.17, 15) is 0 Å². The van der Waals surface area contributed by atoms with Gasteiger partial charge in [0.2, 0.25) is 0 Å². The number of oxime groups is 1. The molecule has 3 rings (SSSR count). The standard InChI is InChI=1S/C16H15NO/c18-17-11-12-6-8-14(9-7-12)16-10-15(16)13-4-2-1-3-5-13/h1-9,11,15-16,18H,10H2/b17-11-/t15-,16-/m0/s1. The molecule has 2 aromatic carbocycles. The lowest BCUT2D eigenvalue weighted by Gasteiger charge is -2.01. The van der Waals surface area contributed by atoms with Crippen LogP contribution in [0.15, 0.2) is 59.8 Å². The van der Waals surface area contributed by atoms with Crippen LogP contribution >= 0.6 is 0 Å². The quantitative estimate of drug-likeness (QED) is 0.492. The Morgan fingerprint density at radius 2 is 1.50 bits per heavy atom. The number of nitrogens with zero attached hydrogens (tertiary/aromatic N) is 1. The molecular formula is C16H15NO. The van der Waals surface area contributed by atoms with Crippen molar-refractivity contribution in [3.63, 3.8) is 0 Å². The van der Waals surface area contributed by atoms with Crippen LogP contribution in [0.4, 0.5) is 0 Å². The number of rotatable bonds is 3. The zero-order valence-electron chi connectivity index (χ0n) is 10.0. The first-order valence-corrected chi connectivity index (χ1v) is 6.21. The third-order valence-corrected chi connectivity index (χ3v) is 3.59. The molecule has 90 valence electrons. The highest BCUT2D eigenvalue weighted by Crippen LogP contribution is 2.54. The van der Waals surface area contributed by atoms with Crippen LogP contribution in [-0.2, 0) is 0 Å². The molecule has 0 saturated heterocycles. The zero-order valence-corrected chi connectivity index (χ0v) is 10.0. The van der Waals surface area contributed by atoms with E-state index >= 15 is 0 Å². The summed E-state index contributed by atoms with van der Waals surface area (Å²) in [4.78, 5) is 0. The van der Waals surface area contributed by atoms with Crippen LogP contribution in [-0.4, -0.2) is 11.4 Å². The molecular weight excluding hydrogens is 222 g/mol. The Morgan fingerprint density at radius 1 is 0.889 bits per heavy atom. The van der Waals surface area contributed by atoms with Gasteiger partial charge >= 0.3 is 0 Å². The van der Waals surface area contributed by atoms with Crippen molar-refractivity contribution in [2.75, 3.05) is 0 Å². The first kappa shape index (κ1) is 11.0. The zero-order chi connectivity index (χ0) is 12.4. The van der Waals surface area contributed by atoms with Crippen molar-refractivity contribution < 1.29 is 5.21 Å². The minimum Gasteiger partial charge on any atom is -0.411 e. The molecule has 1 fully saturated rings. The summed E-state index contributed by atoms with van der Waals surface area (Å²) in [5.41, 5.74) is 3.74. The minimum absolute atomic E-state index is 0.646. The monoisotopic (exact) mass is 237 g/mol. The summed E-state index contributed by atoms with van der Waals surface area (Å²) in [6.07, 6.45) is 2.68. The first-order valence-electron chi connectivity index (χ1n) is 6.21. The minimum atomic E-state index is 0.646. The average molecular weight is 237 g/mol. The average Bonchev–Trinajstić information content (AvgIpc) is 3.21. The van der Waals surface area contributed by atoms with Crippen LogP contribution in [0.25, 0.3) is 0 Å². The van der Waals surface area contributed by atoms with Gasteiger partial charge in [0.15, 0.2) is 0 Å². The lowest BCUT2D eigenvalue weighted by atomic mass is 10.0. The largest absolute Gasteiger partial charge is 0.411 e. The van der Waals surface area contributed by atoms with Crippen LogP contribution in [0, 0.1) is 0 Å². The lowest BCUT2D eigenvalue weighted by Crippen LogP contribution is -1.86.